The molecule has 2 aromatic rings. The highest BCUT2D eigenvalue weighted by atomic mass is 16.1. The van der Waals surface area contributed by atoms with Gasteiger partial charge < -0.3 is 21.4 Å². The molecular weight excluding hydrogens is 348 g/mol. The van der Waals surface area contributed by atoms with Crippen LogP contribution in [0.25, 0.3) is 11.1 Å². The van der Waals surface area contributed by atoms with Gasteiger partial charge in [-0.3, -0.25) is 4.79 Å². The van der Waals surface area contributed by atoms with Crippen LogP contribution in [0.2, 0.25) is 0 Å². The van der Waals surface area contributed by atoms with Crippen molar-refractivity contribution < 1.29 is 4.79 Å². The quantitative estimate of drug-likeness (QED) is 0.530. The number of para-hydroxylation sites is 1. The molecule has 1 heterocycles. The molecule has 28 heavy (non-hydrogen) atoms. The van der Waals surface area contributed by atoms with E-state index < -0.39 is 0 Å². The first-order chi connectivity index (χ1) is 13.6. The molecule has 0 bridgehead atoms. The normalized spacial score (nSPS) is 17.0. The van der Waals surface area contributed by atoms with Gasteiger partial charge in [-0.2, -0.15) is 0 Å². The Morgan fingerprint density at radius 2 is 2.11 bits per heavy atom. The highest BCUT2D eigenvalue weighted by Gasteiger charge is 2.29. The minimum absolute atomic E-state index is 0.0349. The zero-order valence-corrected chi connectivity index (χ0v) is 16.6. The zero-order chi connectivity index (χ0) is 19.7. The van der Waals surface area contributed by atoms with Gasteiger partial charge in [0.15, 0.2) is 0 Å². The second-order valence-electron chi connectivity index (χ2n) is 7.86. The number of carbonyl (C=O) groups is 1. The van der Waals surface area contributed by atoms with Crippen molar-refractivity contribution in [2.75, 3.05) is 22.5 Å². The Kier molecular flexibility index (Phi) is 5.07. The SMILES string of the molecule is CC[C@@H](C)Nc1ccc(-c2cccc3c2NCCC(=O)N3)cc1C(=N)C1CC1. The number of carbonyl (C=O) groups excluding carboxylic acids is 1. The second kappa shape index (κ2) is 7.66. The Morgan fingerprint density at radius 3 is 2.86 bits per heavy atom. The van der Waals surface area contributed by atoms with Crippen molar-refractivity contribution in [1.29, 1.82) is 5.41 Å². The van der Waals surface area contributed by atoms with Gasteiger partial charge in [0.1, 0.15) is 0 Å². The fourth-order valence-electron chi connectivity index (χ4n) is 3.62. The maximum absolute atomic E-state index is 11.9. The van der Waals surface area contributed by atoms with Crippen LogP contribution in [0, 0.1) is 11.3 Å². The summed E-state index contributed by atoms with van der Waals surface area (Å²) in [5.41, 5.74) is 6.67. The summed E-state index contributed by atoms with van der Waals surface area (Å²) in [4.78, 5) is 11.9. The molecule has 1 saturated carbocycles. The van der Waals surface area contributed by atoms with Crippen molar-refractivity contribution in [1.82, 2.24) is 0 Å². The highest BCUT2D eigenvalue weighted by molar-refractivity contribution is 6.07. The van der Waals surface area contributed by atoms with Crippen molar-refractivity contribution in [3.05, 3.63) is 42.0 Å². The molecule has 1 amide bonds. The summed E-state index contributed by atoms with van der Waals surface area (Å²) in [5, 5.41) is 18.6. The fraction of sp³-hybridized carbons (Fsp3) is 0.391. The lowest BCUT2D eigenvalue weighted by Crippen LogP contribution is -2.17. The van der Waals surface area contributed by atoms with Crippen molar-refractivity contribution in [3.63, 3.8) is 0 Å². The van der Waals surface area contributed by atoms with Gasteiger partial charge in [-0.05, 0) is 49.9 Å². The largest absolute Gasteiger partial charge is 0.382 e. The van der Waals surface area contributed by atoms with Gasteiger partial charge >= 0.3 is 0 Å². The van der Waals surface area contributed by atoms with Gasteiger partial charge in [-0.15, -0.1) is 0 Å². The lowest BCUT2D eigenvalue weighted by molar-refractivity contribution is -0.115. The molecule has 0 aromatic heterocycles. The van der Waals surface area contributed by atoms with Gasteiger partial charge in [0.2, 0.25) is 5.91 Å². The van der Waals surface area contributed by atoms with Crippen LogP contribution in [0.15, 0.2) is 36.4 Å². The van der Waals surface area contributed by atoms with Gasteiger partial charge in [0.25, 0.3) is 0 Å². The summed E-state index contributed by atoms with van der Waals surface area (Å²) >= 11 is 0. The number of nitrogens with one attached hydrogen (secondary N) is 4. The van der Waals surface area contributed by atoms with Crippen molar-refractivity contribution in [2.45, 2.75) is 45.6 Å². The summed E-state index contributed by atoms with van der Waals surface area (Å²) in [6.45, 7) is 4.95. The Labute approximate surface area is 166 Å². The standard InChI is InChI=1S/C23H28N4O/c1-3-14(2)26-19-10-9-16(13-18(19)22(24)15-7-8-15)17-5-4-6-20-23(17)25-12-11-21(28)27-20/h4-6,9-10,13-15,24-26H,3,7-8,11-12H2,1-2H3,(H,27,28)/t14-/m1/s1. The van der Waals surface area contributed by atoms with E-state index in [0.29, 0.717) is 24.9 Å². The van der Waals surface area contributed by atoms with Crippen molar-refractivity contribution >= 4 is 28.7 Å². The monoisotopic (exact) mass is 376 g/mol. The highest BCUT2D eigenvalue weighted by Crippen LogP contribution is 2.39. The average Bonchev–Trinajstić information content (AvgIpc) is 3.54. The molecule has 5 heteroatoms. The summed E-state index contributed by atoms with van der Waals surface area (Å²) < 4.78 is 0. The molecular formula is C23H28N4O. The van der Waals surface area contributed by atoms with Crippen LogP contribution in [0.4, 0.5) is 17.1 Å². The van der Waals surface area contributed by atoms with E-state index in [4.69, 9.17) is 5.41 Å². The molecule has 4 rings (SSSR count). The maximum atomic E-state index is 11.9. The summed E-state index contributed by atoms with van der Waals surface area (Å²) in [6, 6.07) is 12.7. The number of benzene rings is 2. The molecule has 0 unspecified atom stereocenters. The molecule has 0 spiro atoms. The number of hydrogen-bond donors (Lipinski definition) is 4. The fourth-order valence-corrected chi connectivity index (χ4v) is 3.62. The van der Waals surface area contributed by atoms with E-state index in [1.807, 2.05) is 12.1 Å². The Bertz CT molecular complexity index is 917. The van der Waals surface area contributed by atoms with Crippen LogP contribution in [0.5, 0.6) is 0 Å². The maximum Gasteiger partial charge on any atom is 0.226 e. The van der Waals surface area contributed by atoms with Gasteiger partial charge in [-0.1, -0.05) is 25.1 Å². The predicted molar refractivity (Wildman–Crippen MR) is 117 cm³/mol. The number of rotatable bonds is 6. The minimum Gasteiger partial charge on any atom is -0.382 e. The van der Waals surface area contributed by atoms with Crippen LogP contribution < -0.4 is 16.0 Å². The van der Waals surface area contributed by atoms with Crippen molar-refractivity contribution in [2.24, 2.45) is 5.92 Å². The van der Waals surface area contributed by atoms with E-state index in [9.17, 15) is 4.79 Å². The number of fused-ring (bicyclic) bond motifs is 1. The predicted octanol–water partition coefficient (Wildman–Crippen LogP) is 5.10. The van der Waals surface area contributed by atoms with Crippen LogP contribution in [0.1, 0.15) is 45.1 Å². The molecule has 0 saturated heterocycles. The van der Waals surface area contributed by atoms with E-state index in [1.165, 1.54) is 0 Å². The van der Waals surface area contributed by atoms with E-state index in [-0.39, 0.29) is 5.91 Å². The average molecular weight is 377 g/mol. The molecule has 2 aliphatic rings. The Balaban J connectivity index is 1.76. The molecule has 1 fully saturated rings. The third-order valence-electron chi connectivity index (χ3n) is 5.61. The van der Waals surface area contributed by atoms with Gasteiger partial charge in [0.05, 0.1) is 11.4 Å². The first kappa shape index (κ1) is 18.5. The van der Waals surface area contributed by atoms with Gasteiger partial charge in [-0.25, -0.2) is 0 Å². The molecule has 1 aliphatic heterocycles. The van der Waals surface area contributed by atoms with Crippen LogP contribution >= 0.6 is 0 Å². The third-order valence-corrected chi connectivity index (χ3v) is 5.61. The van der Waals surface area contributed by atoms with Crippen LogP contribution in [-0.4, -0.2) is 24.2 Å². The number of hydrogen-bond acceptors (Lipinski definition) is 4. The Morgan fingerprint density at radius 1 is 1.29 bits per heavy atom. The molecule has 1 aliphatic carbocycles. The Hall–Kier alpha value is -2.82. The molecule has 5 nitrogen and oxygen atoms in total. The summed E-state index contributed by atoms with van der Waals surface area (Å²) in [7, 11) is 0. The van der Waals surface area contributed by atoms with E-state index in [1.54, 1.807) is 0 Å². The zero-order valence-electron chi connectivity index (χ0n) is 16.6. The van der Waals surface area contributed by atoms with Gasteiger partial charge in [0, 0.05) is 47.5 Å². The van der Waals surface area contributed by atoms with E-state index in [0.717, 1.165) is 58.7 Å². The molecule has 0 radical (unpaired) electrons. The lowest BCUT2D eigenvalue weighted by Gasteiger charge is -2.20. The number of anilines is 3. The molecule has 4 N–H and O–H groups in total. The second-order valence-corrected chi connectivity index (χ2v) is 7.86. The molecule has 2 aromatic carbocycles. The topological polar surface area (TPSA) is 77.0 Å². The van der Waals surface area contributed by atoms with E-state index in [2.05, 4.69) is 54.1 Å². The number of amides is 1. The summed E-state index contributed by atoms with van der Waals surface area (Å²) in [6.07, 6.45) is 3.72. The first-order valence-electron chi connectivity index (χ1n) is 10.2. The van der Waals surface area contributed by atoms with Crippen LogP contribution in [-0.2, 0) is 4.79 Å². The molecule has 1 atom stereocenters. The van der Waals surface area contributed by atoms with Crippen molar-refractivity contribution in [3.8, 4) is 11.1 Å². The third kappa shape index (κ3) is 3.75. The van der Waals surface area contributed by atoms with E-state index >= 15 is 0 Å². The first-order valence-corrected chi connectivity index (χ1v) is 10.2. The summed E-state index contributed by atoms with van der Waals surface area (Å²) in [5.74, 6) is 0.422. The molecule has 146 valence electrons. The smallest absolute Gasteiger partial charge is 0.226 e. The minimum atomic E-state index is 0.0349. The van der Waals surface area contributed by atoms with Crippen LogP contribution in [0.3, 0.4) is 0 Å². The lowest BCUT2D eigenvalue weighted by atomic mass is 9.95.